The molecule has 0 saturated carbocycles. The molecule has 7 nitrogen and oxygen atoms in total. The maximum atomic E-state index is 12.9. The van der Waals surface area contributed by atoms with Crippen molar-refractivity contribution in [3.63, 3.8) is 0 Å². The second kappa shape index (κ2) is 6.75. The van der Waals surface area contributed by atoms with Crippen molar-refractivity contribution < 1.29 is 18.1 Å². The number of hydrazone groups is 1. The van der Waals surface area contributed by atoms with Gasteiger partial charge in [0, 0.05) is 23.1 Å². The van der Waals surface area contributed by atoms with Gasteiger partial charge in [0.1, 0.15) is 0 Å². The van der Waals surface area contributed by atoms with Gasteiger partial charge in [0.05, 0.1) is 16.7 Å². The number of anilines is 1. The summed E-state index contributed by atoms with van der Waals surface area (Å²) in [6, 6.07) is 11.8. The normalized spacial score (nSPS) is 11.8. The lowest BCUT2D eigenvalue weighted by Gasteiger charge is -2.09. The molecule has 0 aliphatic rings. The first-order chi connectivity index (χ1) is 12.3. The minimum absolute atomic E-state index is 0.114. The Morgan fingerprint density at radius 1 is 1.12 bits per heavy atom. The maximum Gasteiger partial charge on any atom is 0.451 e. The molecule has 0 aliphatic heterocycles. The molecule has 10 heteroatoms. The Bertz CT molecular complexity index is 1000. The molecule has 1 N–H and O–H groups in total. The number of nitrogens with zero attached hydrogens (tertiary/aromatic N) is 4. The van der Waals surface area contributed by atoms with Crippen LogP contribution in [0.3, 0.4) is 0 Å². The Morgan fingerprint density at radius 3 is 2.62 bits per heavy atom. The van der Waals surface area contributed by atoms with Crippen LogP contribution < -0.4 is 5.43 Å². The molecular weight excluding hydrogens is 351 g/mol. The second-order valence-electron chi connectivity index (χ2n) is 5.13. The van der Waals surface area contributed by atoms with Crippen LogP contribution in [0.25, 0.3) is 10.9 Å². The monoisotopic (exact) mass is 361 g/mol. The molecule has 0 saturated heterocycles. The van der Waals surface area contributed by atoms with Crippen LogP contribution in [0.5, 0.6) is 0 Å². The molecule has 0 amide bonds. The van der Waals surface area contributed by atoms with E-state index in [0.717, 1.165) is 0 Å². The Balaban J connectivity index is 1.93. The molecule has 3 rings (SSSR count). The zero-order chi connectivity index (χ0) is 18.7. The van der Waals surface area contributed by atoms with E-state index in [1.165, 1.54) is 30.5 Å². The molecule has 0 spiro atoms. The number of aromatic nitrogens is 2. The second-order valence-corrected chi connectivity index (χ2v) is 5.13. The minimum atomic E-state index is -4.70. The highest BCUT2D eigenvalue weighted by Gasteiger charge is 2.35. The zero-order valence-corrected chi connectivity index (χ0v) is 12.9. The molecule has 1 heterocycles. The molecule has 1 aromatic heterocycles. The third-order valence-electron chi connectivity index (χ3n) is 3.32. The maximum absolute atomic E-state index is 12.9. The van der Waals surface area contributed by atoms with Crippen LogP contribution in [0.1, 0.15) is 11.4 Å². The summed E-state index contributed by atoms with van der Waals surface area (Å²) in [5, 5.41) is 14.9. The number of fused-ring (bicyclic) bond motifs is 1. The molecular formula is C16H10F3N5O2. The van der Waals surface area contributed by atoms with Crippen molar-refractivity contribution >= 4 is 28.6 Å². The van der Waals surface area contributed by atoms with Crippen molar-refractivity contribution in [1.29, 1.82) is 0 Å². The third-order valence-corrected chi connectivity index (χ3v) is 3.32. The van der Waals surface area contributed by atoms with E-state index >= 15 is 0 Å². The predicted molar refractivity (Wildman–Crippen MR) is 88.9 cm³/mol. The number of halogens is 3. The van der Waals surface area contributed by atoms with Crippen LogP contribution in [0.15, 0.2) is 53.6 Å². The lowest BCUT2D eigenvalue weighted by molar-refractivity contribution is -0.384. The standard InChI is InChI=1S/C16H10F3N5O2/c17-16(18,19)15-21-13-7-2-1-6-12(13)14(22-15)23-20-9-10-4-3-5-11(8-10)24(25)26/h1-9H,(H,21,22,23)/b20-9-. The molecule has 0 bridgehead atoms. The van der Waals surface area contributed by atoms with Crippen LogP contribution in [-0.2, 0) is 6.18 Å². The molecule has 0 aliphatic carbocycles. The number of hydrogen-bond acceptors (Lipinski definition) is 6. The molecule has 0 fully saturated rings. The van der Waals surface area contributed by atoms with Crippen molar-refractivity contribution in [3.8, 4) is 0 Å². The lowest BCUT2D eigenvalue weighted by atomic mass is 10.2. The van der Waals surface area contributed by atoms with Gasteiger partial charge in [-0.3, -0.25) is 15.5 Å². The molecule has 0 unspecified atom stereocenters. The number of para-hydroxylation sites is 1. The first kappa shape index (κ1) is 17.3. The van der Waals surface area contributed by atoms with Gasteiger partial charge >= 0.3 is 6.18 Å². The Hall–Kier alpha value is -3.56. The van der Waals surface area contributed by atoms with Crippen LogP contribution in [0.2, 0.25) is 0 Å². The number of nitro groups is 1. The summed E-state index contributed by atoms with van der Waals surface area (Å²) in [7, 11) is 0. The van der Waals surface area contributed by atoms with Gasteiger partial charge in [-0.1, -0.05) is 24.3 Å². The number of nitrogens with one attached hydrogen (secondary N) is 1. The summed E-state index contributed by atoms with van der Waals surface area (Å²) in [4.78, 5) is 17.2. The number of alkyl halides is 3. The lowest BCUT2D eigenvalue weighted by Crippen LogP contribution is -2.12. The van der Waals surface area contributed by atoms with Crippen molar-refractivity contribution in [2.24, 2.45) is 5.10 Å². The quantitative estimate of drug-likeness (QED) is 0.431. The van der Waals surface area contributed by atoms with E-state index < -0.39 is 16.9 Å². The van der Waals surface area contributed by atoms with Crippen molar-refractivity contribution in [2.75, 3.05) is 5.43 Å². The molecule has 0 atom stereocenters. The number of nitro benzene ring substituents is 1. The average molecular weight is 361 g/mol. The molecule has 3 aromatic rings. The highest BCUT2D eigenvalue weighted by Crippen LogP contribution is 2.30. The van der Waals surface area contributed by atoms with E-state index in [1.54, 1.807) is 24.3 Å². The van der Waals surface area contributed by atoms with Gasteiger partial charge in [-0.15, -0.1) is 0 Å². The summed E-state index contributed by atoms with van der Waals surface area (Å²) in [5.41, 5.74) is 2.84. The Kier molecular flexibility index (Phi) is 4.48. The average Bonchev–Trinajstić information content (AvgIpc) is 2.61. The fourth-order valence-electron chi connectivity index (χ4n) is 2.18. The topological polar surface area (TPSA) is 93.3 Å². The van der Waals surface area contributed by atoms with Gasteiger partial charge in [-0.2, -0.15) is 18.3 Å². The van der Waals surface area contributed by atoms with E-state index in [0.29, 0.717) is 10.9 Å². The van der Waals surface area contributed by atoms with Crippen LogP contribution in [0, 0.1) is 10.1 Å². The third kappa shape index (κ3) is 3.74. The largest absolute Gasteiger partial charge is 0.451 e. The summed E-state index contributed by atoms with van der Waals surface area (Å²) in [5.74, 6) is -1.41. The van der Waals surface area contributed by atoms with Gasteiger partial charge in [0.25, 0.3) is 5.69 Å². The summed E-state index contributed by atoms with van der Waals surface area (Å²) < 4.78 is 38.8. The van der Waals surface area contributed by atoms with E-state index in [9.17, 15) is 23.3 Å². The van der Waals surface area contributed by atoms with Gasteiger partial charge < -0.3 is 0 Å². The number of non-ortho nitro benzene ring substituents is 1. The summed E-state index contributed by atoms with van der Waals surface area (Å²) in [6.45, 7) is 0. The predicted octanol–water partition coefficient (Wildman–Crippen LogP) is 4.00. The minimum Gasteiger partial charge on any atom is -0.261 e. The fourth-order valence-corrected chi connectivity index (χ4v) is 2.18. The van der Waals surface area contributed by atoms with Crippen LogP contribution >= 0.6 is 0 Å². The summed E-state index contributed by atoms with van der Waals surface area (Å²) >= 11 is 0. The van der Waals surface area contributed by atoms with E-state index in [-0.39, 0.29) is 17.0 Å². The fraction of sp³-hybridized carbons (Fsp3) is 0.0625. The van der Waals surface area contributed by atoms with Gasteiger partial charge in [-0.05, 0) is 12.1 Å². The van der Waals surface area contributed by atoms with Gasteiger partial charge in [0.2, 0.25) is 5.82 Å². The van der Waals surface area contributed by atoms with Crippen LogP contribution in [0.4, 0.5) is 24.7 Å². The first-order valence-electron chi connectivity index (χ1n) is 7.22. The van der Waals surface area contributed by atoms with Gasteiger partial charge in [-0.25, -0.2) is 9.97 Å². The molecule has 0 radical (unpaired) electrons. The highest BCUT2D eigenvalue weighted by atomic mass is 19.4. The summed E-state index contributed by atoms with van der Waals surface area (Å²) in [6.07, 6.45) is -3.46. The van der Waals surface area contributed by atoms with E-state index in [2.05, 4.69) is 20.5 Å². The van der Waals surface area contributed by atoms with Crippen molar-refractivity contribution in [3.05, 3.63) is 70.0 Å². The number of rotatable bonds is 4. The Labute approximate surface area is 144 Å². The number of hydrogen-bond donors (Lipinski definition) is 1. The van der Waals surface area contributed by atoms with Gasteiger partial charge in [0.15, 0.2) is 5.82 Å². The van der Waals surface area contributed by atoms with Crippen molar-refractivity contribution in [1.82, 2.24) is 9.97 Å². The smallest absolute Gasteiger partial charge is 0.261 e. The Morgan fingerprint density at radius 2 is 1.88 bits per heavy atom. The van der Waals surface area contributed by atoms with E-state index in [1.807, 2.05) is 0 Å². The van der Waals surface area contributed by atoms with Crippen LogP contribution in [-0.4, -0.2) is 21.1 Å². The first-order valence-corrected chi connectivity index (χ1v) is 7.22. The number of benzene rings is 2. The SMILES string of the molecule is O=[N+]([O-])c1cccc(/C=N\Nc2nc(C(F)(F)F)nc3ccccc23)c1. The molecule has 26 heavy (non-hydrogen) atoms. The molecule has 2 aromatic carbocycles. The highest BCUT2D eigenvalue weighted by molar-refractivity contribution is 5.89. The molecule has 132 valence electrons. The van der Waals surface area contributed by atoms with E-state index in [4.69, 9.17) is 0 Å². The zero-order valence-electron chi connectivity index (χ0n) is 12.9. The van der Waals surface area contributed by atoms with Crippen molar-refractivity contribution in [2.45, 2.75) is 6.18 Å².